The van der Waals surface area contributed by atoms with Crippen LogP contribution in [-0.2, 0) is 47.8 Å². The molecule has 2 aliphatic heterocycles. The first-order valence-corrected chi connectivity index (χ1v) is 21.0. The van der Waals surface area contributed by atoms with Gasteiger partial charge in [0.2, 0.25) is 35.2 Å². The number of aliphatic carboxylic acids is 4. The molecule has 0 aromatic heterocycles. The monoisotopic (exact) mass is 936 g/mol. The standard InChI is InChI=1S/C32H52N6O22S2/c39-7-17-23(47)25(49)31(57,59-17)11-35-13(29(53)54)1-3-19(41)37-15(27(51)33-5-21(43)44)9-61-62-10-16(28(52)34-6-22(45)46)38-20(42)4-2-14(30(55)56)36-12-32(58)26(50)24(48)18(8-40)60-32/h13-18,23-26,35-36,39-40,47-50,57-58H,1-12H2,(H,33,51)(H,34,52)(H,37,41)(H,38,42)(H,43,44)(H,45,46)(H,53,54)(H,55,56)/t13-,14-,15-,16-,17+,18+,23+,24+,25-,26-,31?,32?/m0/s1. The number of aliphatic hydroxyl groups excluding tert-OH is 6. The molecule has 28 nitrogen and oxygen atoms in total. The van der Waals surface area contributed by atoms with Gasteiger partial charge in [0.15, 0.2) is 0 Å². The van der Waals surface area contributed by atoms with Crippen molar-refractivity contribution in [2.24, 2.45) is 0 Å². The van der Waals surface area contributed by atoms with E-state index in [1.54, 1.807) is 0 Å². The van der Waals surface area contributed by atoms with E-state index in [4.69, 9.17) is 19.7 Å². The Kier molecular flexibility index (Phi) is 22.1. The second kappa shape index (κ2) is 25.3. The Balaban J connectivity index is 2.03. The van der Waals surface area contributed by atoms with E-state index < -0.39 is 185 Å². The number of nitrogens with one attached hydrogen (secondary N) is 6. The smallest absolute Gasteiger partial charge is 0.322 e. The summed E-state index contributed by atoms with van der Waals surface area (Å²) >= 11 is 0. The Morgan fingerprint density at radius 2 is 0.903 bits per heavy atom. The van der Waals surface area contributed by atoms with E-state index in [1.165, 1.54) is 0 Å². The van der Waals surface area contributed by atoms with E-state index in [0.717, 1.165) is 21.6 Å². The van der Waals surface area contributed by atoms with E-state index in [9.17, 15) is 89.4 Å². The first-order valence-electron chi connectivity index (χ1n) is 18.5. The van der Waals surface area contributed by atoms with Crippen LogP contribution in [0, 0.1) is 0 Å². The number of hydrogen-bond donors (Lipinski definition) is 18. The number of aliphatic hydroxyl groups is 8. The normalized spacial score (nSPS) is 27.6. The second-order valence-corrected chi connectivity index (χ2v) is 16.4. The largest absolute Gasteiger partial charge is 0.480 e. The Hall–Kier alpha value is -4.02. The molecule has 0 aromatic carbocycles. The third-order valence-corrected chi connectivity index (χ3v) is 11.6. The Labute approximate surface area is 358 Å². The number of rotatable bonds is 29. The predicted molar refractivity (Wildman–Crippen MR) is 205 cm³/mol. The molecular formula is C32H52N6O22S2. The number of hydrogen-bond acceptors (Lipinski definition) is 22. The zero-order chi connectivity index (χ0) is 46.9. The van der Waals surface area contributed by atoms with Crippen LogP contribution in [0.5, 0.6) is 0 Å². The summed E-state index contributed by atoms with van der Waals surface area (Å²) in [4.78, 5) is 97.2. The Morgan fingerprint density at radius 3 is 1.18 bits per heavy atom. The zero-order valence-corrected chi connectivity index (χ0v) is 34.2. The van der Waals surface area contributed by atoms with Crippen molar-refractivity contribution in [3.05, 3.63) is 0 Å². The van der Waals surface area contributed by atoms with Crippen LogP contribution in [0.2, 0.25) is 0 Å². The number of amides is 4. The summed E-state index contributed by atoms with van der Waals surface area (Å²) in [6, 6.07) is -6.08. The lowest BCUT2D eigenvalue weighted by Gasteiger charge is -2.28. The molecule has 0 radical (unpaired) electrons. The zero-order valence-electron chi connectivity index (χ0n) is 32.5. The molecular weight excluding hydrogens is 885 g/mol. The fourth-order valence-corrected chi connectivity index (χ4v) is 8.07. The fraction of sp³-hybridized carbons (Fsp3) is 0.750. The van der Waals surface area contributed by atoms with Gasteiger partial charge in [-0.25, -0.2) is 0 Å². The molecule has 62 heavy (non-hydrogen) atoms. The van der Waals surface area contributed by atoms with Crippen molar-refractivity contribution in [2.45, 2.75) is 98.0 Å². The van der Waals surface area contributed by atoms with Crippen LogP contribution >= 0.6 is 21.6 Å². The predicted octanol–water partition coefficient (Wildman–Crippen LogP) is -9.01. The van der Waals surface area contributed by atoms with Crippen LogP contribution in [0.1, 0.15) is 25.7 Å². The van der Waals surface area contributed by atoms with Gasteiger partial charge in [-0.05, 0) is 12.8 Å². The van der Waals surface area contributed by atoms with E-state index in [2.05, 4.69) is 31.9 Å². The molecule has 0 aromatic rings. The summed E-state index contributed by atoms with van der Waals surface area (Å²) in [7, 11) is 1.64. The second-order valence-electron chi connectivity index (χ2n) is 13.9. The average molecular weight is 937 g/mol. The fourth-order valence-electron chi connectivity index (χ4n) is 5.74. The van der Waals surface area contributed by atoms with E-state index in [0.29, 0.717) is 0 Å². The highest BCUT2D eigenvalue weighted by Crippen LogP contribution is 2.30. The van der Waals surface area contributed by atoms with Gasteiger partial charge >= 0.3 is 23.9 Å². The average Bonchev–Trinajstić information content (AvgIpc) is 3.57. The van der Waals surface area contributed by atoms with Crippen molar-refractivity contribution in [1.82, 2.24) is 31.9 Å². The minimum absolute atomic E-state index is 0.330. The van der Waals surface area contributed by atoms with Gasteiger partial charge in [0.1, 0.15) is 73.9 Å². The minimum atomic E-state index is -2.51. The summed E-state index contributed by atoms with van der Waals surface area (Å²) < 4.78 is 10.1. The molecule has 2 heterocycles. The summed E-state index contributed by atoms with van der Waals surface area (Å²) in [5.41, 5.74) is 0. The molecule has 0 spiro atoms. The number of ether oxygens (including phenoxy) is 2. The number of carbonyl (C=O) groups is 8. The first kappa shape index (κ1) is 54.1. The molecule has 2 unspecified atom stereocenters. The molecule has 18 N–H and O–H groups in total. The third-order valence-electron chi connectivity index (χ3n) is 9.21. The topological polar surface area (TPSA) is 470 Å². The van der Waals surface area contributed by atoms with E-state index in [-0.39, 0.29) is 11.5 Å². The maximum atomic E-state index is 12.9. The number of carboxylic acids is 4. The molecule has 4 amide bonds. The molecule has 2 saturated heterocycles. The van der Waals surface area contributed by atoms with Crippen LogP contribution in [0.4, 0.5) is 0 Å². The lowest BCUT2D eigenvalue weighted by Crippen LogP contribution is -2.54. The van der Waals surface area contributed by atoms with Crippen molar-refractivity contribution in [3.8, 4) is 0 Å². The summed E-state index contributed by atoms with van der Waals surface area (Å²) in [6.07, 6.45) is -12.1. The van der Waals surface area contributed by atoms with Gasteiger partial charge in [-0.15, -0.1) is 0 Å². The molecule has 0 aliphatic carbocycles. The molecule has 354 valence electrons. The lowest BCUT2D eigenvalue weighted by molar-refractivity contribution is -0.227. The highest BCUT2D eigenvalue weighted by molar-refractivity contribution is 8.76. The molecule has 30 heteroatoms. The summed E-state index contributed by atoms with van der Waals surface area (Å²) in [5, 5.41) is 130. The van der Waals surface area contributed by atoms with Gasteiger partial charge in [0.25, 0.3) is 0 Å². The van der Waals surface area contributed by atoms with Crippen molar-refractivity contribution in [1.29, 1.82) is 0 Å². The molecule has 2 fully saturated rings. The number of carboxylic acid groups (broad SMARTS) is 4. The van der Waals surface area contributed by atoms with E-state index >= 15 is 0 Å². The Bertz CT molecular complexity index is 1470. The minimum Gasteiger partial charge on any atom is -0.480 e. The van der Waals surface area contributed by atoms with Crippen molar-refractivity contribution >= 4 is 69.1 Å². The van der Waals surface area contributed by atoms with Gasteiger partial charge < -0.3 is 92.0 Å². The van der Waals surface area contributed by atoms with Gasteiger partial charge in [0, 0.05) is 24.3 Å². The van der Waals surface area contributed by atoms with Gasteiger partial charge in [-0.3, -0.25) is 49.0 Å². The third kappa shape index (κ3) is 16.6. The van der Waals surface area contributed by atoms with Crippen molar-refractivity contribution < 1.29 is 109 Å². The van der Waals surface area contributed by atoms with Crippen molar-refractivity contribution in [2.75, 3.05) is 50.9 Å². The quantitative estimate of drug-likeness (QED) is 0.0245. The van der Waals surface area contributed by atoms with Crippen LogP contribution in [0.15, 0.2) is 0 Å². The summed E-state index contributed by atoms with van der Waals surface area (Å²) in [5.74, 6) is -15.4. The molecule has 2 rings (SSSR count). The SMILES string of the molecule is O=C(O)CNC(=O)[C@H](CSSC[C@H](NC(=O)CC[C@H](NCC1(O)O[C@H](CO)[C@@H](O)[C@@H]1O)C(=O)O)C(=O)NCC(=O)O)NC(=O)CC[C@H](NCC1(O)O[C@H](CO)[C@@H](O)[C@@H]1O)C(=O)O. The maximum Gasteiger partial charge on any atom is 0.322 e. The first-order chi connectivity index (χ1) is 29.0. The maximum absolute atomic E-state index is 12.9. The van der Waals surface area contributed by atoms with Gasteiger partial charge in [-0.2, -0.15) is 0 Å². The van der Waals surface area contributed by atoms with E-state index in [1.807, 2.05) is 0 Å². The van der Waals surface area contributed by atoms with Crippen LogP contribution in [-0.4, -0.2) is 232 Å². The molecule has 0 saturated carbocycles. The van der Waals surface area contributed by atoms with Crippen LogP contribution in [0.3, 0.4) is 0 Å². The van der Waals surface area contributed by atoms with Gasteiger partial charge in [-0.1, -0.05) is 21.6 Å². The van der Waals surface area contributed by atoms with Crippen molar-refractivity contribution in [3.63, 3.8) is 0 Å². The van der Waals surface area contributed by atoms with Gasteiger partial charge in [0.05, 0.1) is 26.3 Å². The summed E-state index contributed by atoms with van der Waals surface area (Å²) in [6.45, 7) is -4.82. The molecule has 12 atom stereocenters. The lowest BCUT2D eigenvalue weighted by atomic mass is 10.0. The number of carbonyl (C=O) groups excluding carboxylic acids is 4. The highest BCUT2D eigenvalue weighted by atomic mass is 33.1. The van der Waals surface area contributed by atoms with Crippen LogP contribution in [0.25, 0.3) is 0 Å². The highest BCUT2D eigenvalue weighted by Gasteiger charge is 2.54. The molecule has 2 aliphatic rings. The molecule has 0 bridgehead atoms. The Morgan fingerprint density at radius 1 is 0.565 bits per heavy atom. The van der Waals surface area contributed by atoms with Crippen LogP contribution < -0.4 is 31.9 Å².